The van der Waals surface area contributed by atoms with Gasteiger partial charge < -0.3 is 9.73 Å². The van der Waals surface area contributed by atoms with Crippen molar-refractivity contribution in [2.24, 2.45) is 0 Å². The van der Waals surface area contributed by atoms with Gasteiger partial charge in [-0.05, 0) is 41.2 Å². The Balaban J connectivity index is 1.73. The van der Waals surface area contributed by atoms with Crippen molar-refractivity contribution < 1.29 is 18.0 Å². The Hall–Kier alpha value is -2.78. The van der Waals surface area contributed by atoms with Crippen LogP contribution in [0.25, 0.3) is 16.2 Å². The third-order valence-electron chi connectivity index (χ3n) is 3.73. The first-order valence-corrected chi connectivity index (χ1v) is 9.00. The number of amides is 1. The van der Waals surface area contributed by atoms with Crippen LogP contribution in [0.4, 0.5) is 8.78 Å². The first-order valence-electron chi connectivity index (χ1n) is 7.74. The fourth-order valence-corrected chi connectivity index (χ4v) is 3.33. The summed E-state index contributed by atoms with van der Waals surface area (Å²) in [5.41, 5.74) is -0.197. The molecule has 0 saturated carbocycles. The van der Waals surface area contributed by atoms with Gasteiger partial charge in [0.25, 0.3) is 5.91 Å². The van der Waals surface area contributed by atoms with Gasteiger partial charge in [0.05, 0.1) is 23.4 Å². The molecule has 6 nitrogen and oxygen atoms in total. The number of alkyl halides is 3. The summed E-state index contributed by atoms with van der Waals surface area (Å²) in [6.45, 7) is 0.145. The molecule has 138 valence electrons. The molecular formula is C17H11ClF2N4O2S. The number of aromatic nitrogens is 3. The van der Waals surface area contributed by atoms with E-state index in [1.807, 2.05) is 5.38 Å². The summed E-state index contributed by atoms with van der Waals surface area (Å²) in [5, 5.41) is 4.69. The van der Waals surface area contributed by atoms with Crippen molar-refractivity contribution in [1.29, 1.82) is 0 Å². The third kappa shape index (κ3) is 3.56. The number of hydrogen-bond donors (Lipinski definition) is 1. The van der Waals surface area contributed by atoms with Crippen LogP contribution in [0.15, 0.2) is 52.5 Å². The summed E-state index contributed by atoms with van der Waals surface area (Å²) >= 11 is 6.61. The van der Waals surface area contributed by atoms with Crippen molar-refractivity contribution in [2.45, 2.75) is 11.9 Å². The number of nitrogens with zero attached hydrogens (tertiary/aromatic N) is 3. The minimum atomic E-state index is -3.68. The van der Waals surface area contributed by atoms with Crippen molar-refractivity contribution in [3.63, 3.8) is 0 Å². The van der Waals surface area contributed by atoms with Crippen molar-refractivity contribution in [3.8, 4) is 10.6 Å². The summed E-state index contributed by atoms with van der Waals surface area (Å²) in [5.74, 6) is 0.0108. The Labute approximate surface area is 160 Å². The average Bonchev–Trinajstić information content (AvgIpc) is 3.38. The molecule has 4 aromatic rings. The lowest BCUT2D eigenvalue weighted by Crippen LogP contribution is -2.23. The van der Waals surface area contributed by atoms with E-state index in [2.05, 4.69) is 15.4 Å². The van der Waals surface area contributed by atoms with Crippen LogP contribution >= 0.6 is 22.9 Å². The lowest BCUT2D eigenvalue weighted by molar-refractivity contribution is 0.0866. The second kappa shape index (κ2) is 6.75. The van der Waals surface area contributed by atoms with Gasteiger partial charge in [-0.3, -0.25) is 4.79 Å². The number of halogens is 3. The van der Waals surface area contributed by atoms with E-state index in [1.165, 1.54) is 29.7 Å². The Kier molecular flexibility index (Phi) is 4.40. The van der Waals surface area contributed by atoms with E-state index in [-0.39, 0.29) is 17.9 Å². The number of rotatable bonds is 5. The predicted molar refractivity (Wildman–Crippen MR) is 95.9 cm³/mol. The van der Waals surface area contributed by atoms with Crippen LogP contribution in [0.5, 0.6) is 0 Å². The highest BCUT2D eigenvalue weighted by Crippen LogP contribution is 2.35. The van der Waals surface area contributed by atoms with Crippen molar-refractivity contribution in [1.82, 2.24) is 19.9 Å². The number of thiophene rings is 1. The number of furan rings is 1. The first kappa shape index (κ1) is 17.6. The van der Waals surface area contributed by atoms with E-state index >= 15 is 0 Å². The molecule has 0 aliphatic heterocycles. The van der Waals surface area contributed by atoms with E-state index in [0.29, 0.717) is 16.3 Å². The van der Waals surface area contributed by atoms with Crippen LogP contribution in [0.2, 0.25) is 0 Å². The van der Waals surface area contributed by atoms with E-state index in [1.54, 1.807) is 24.3 Å². The van der Waals surface area contributed by atoms with E-state index in [4.69, 9.17) is 16.0 Å². The molecule has 4 rings (SSSR count). The fraction of sp³-hybridized carbons (Fsp3) is 0.118. The van der Waals surface area contributed by atoms with Gasteiger partial charge in [0, 0.05) is 6.07 Å². The normalized spacial score (nSPS) is 11.8. The molecule has 1 amide bonds. The molecule has 0 atom stereocenters. The molecule has 0 aliphatic carbocycles. The maximum atomic E-state index is 13.9. The molecule has 0 saturated heterocycles. The highest BCUT2D eigenvalue weighted by molar-refractivity contribution is 7.13. The molecule has 0 fully saturated rings. The van der Waals surface area contributed by atoms with E-state index < -0.39 is 17.0 Å². The van der Waals surface area contributed by atoms with Crippen molar-refractivity contribution in [2.75, 3.05) is 0 Å². The maximum Gasteiger partial charge on any atom is 0.364 e. The minimum Gasteiger partial charge on any atom is -0.467 e. The molecular weight excluding hydrogens is 398 g/mol. The van der Waals surface area contributed by atoms with Gasteiger partial charge in [0.2, 0.25) is 0 Å². The zero-order chi connectivity index (χ0) is 19.0. The van der Waals surface area contributed by atoms with Gasteiger partial charge in [-0.2, -0.15) is 13.9 Å². The average molecular weight is 409 g/mol. The number of carbonyl (C=O) groups excluding carboxylic acids is 1. The Bertz CT molecular complexity index is 1090. The second-order valence-electron chi connectivity index (χ2n) is 5.56. The summed E-state index contributed by atoms with van der Waals surface area (Å²) in [7, 11) is 0. The number of carbonyl (C=O) groups is 1. The van der Waals surface area contributed by atoms with Gasteiger partial charge in [-0.15, -0.1) is 11.3 Å². The predicted octanol–water partition coefficient (Wildman–Crippen LogP) is 4.27. The smallest absolute Gasteiger partial charge is 0.364 e. The summed E-state index contributed by atoms with van der Waals surface area (Å²) < 4.78 is 33.8. The third-order valence-corrected chi connectivity index (χ3v) is 4.81. The van der Waals surface area contributed by atoms with Gasteiger partial charge in [0.1, 0.15) is 11.5 Å². The zero-order valence-electron chi connectivity index (χ0n) is 13.5. The Morgan fingerprint density at radius 1 is 1.33 bits per heavy atom. The number of fused-ring (bicyclic) bond motifs is 1. The maximum absolute atomic E-state index is 13.9. The van der Waals surface area contributed by atoms with Crippen LogP contribution in [-0.2, 0) is 11.9 Å². The van der Waals surface area contributed by atoms with E-state index in [9.17, 15) is 13.6 Å². The fourth-order valence-electron chi connectivity index (χ4n) is 2.51. The van der Waals surface area contributed by atoms with Crippen molar-refractivity contribution >= 4 is 34.5 Å². The SMILES string of the molecule is O=C(NCc1ccco1)c1cc2nc(-c3cccs3)cc(C(F)(F)Cl)n2n1. The van der Waals surface area contributed by atoms with Crippen LogP contribution in [0.1, 0.15) is 21.9 Å². The largest absolute Gasteiger partial charge is 0.467 e. The standard InChI is InChI=1S/C17H11ClF2N4O2S/c18-17(19,20)14-7-11(13-4-2-6-27-13)22-15-8-12(23-24(14)15)16(25)21-9-10-3-1-5-26-10/h1-8H,9H2,(H,21,25). The molecule has 0 unspecified atom stereocenters. The molecule has 0 radical (unpaired) electrons. The molecule has 27 heavy (non-hydrogen) atoms. The van der Waals surface area contributed by atoms with Gasteiger partial charge in [0.15, 0.2) is 11.3 Å². The molecule has 0 aromatic carbocycles. The quantitative estimate of drug-likeness (QED) is 0.500. The van der Waals surface area contributed by atoms with Crippen LogP contribution < -0.4 is 5.32 Å². The molecule has 0 bridgehead atoms. The number of nitrogens with one attached hydrogen (secondary N) is 1. The van der Waals surface area contributed by atoms with Gasteiger partial charge in [-0.1, -0.05) is 6.07 Å². The summed E-state index contributed by atoms with van der Waals surface area (Å²) in [6, 6.07) is 9.44. The highest BCUT2D eigenvalue weighted by atomic mass is 35.5. The summed E-state index contributed by atoms with van der Waals surface area (Å²) in [6.07, 6.45) is 1.48. The molecule has 10 heteroatoms. The topological polar surface area (TPSA) is 72.4 Å². The van der Waals surface area contributed by atoms with Crippen LogP contribution in [-0.4, -0.2) is 20.5 Å². The summed E-state index contributed by atoms with van der Waals surface area (Å²) in [4.78, 5) is 17.3. The van der Waals surface area contributed by atoms with Crippen LogP contribution in [0, 0.1) is 0 Å². The van der Waals surface area contributed by atoms with Gasteiger partial charge >= 0.3 is 5.38 Å². The highest BCUT2D eigenvalue weighted by Gasteiger charge is 2.33. The molecule has 1 N–H and O–H groups in total. The van der Waals surface area contributed by atoms with Crippen molar-refractivity contribution in [3.05, 3.63) is 65.2 Å². The van der Waals surface area contributed by atoms with E-state index in [0.717, 1.165) is 4.52 Å². The zero-order valence-corrected chi connectivity index (χ0v) is 15.1. The number of hydrogen-bond acceptors (Lipinski definition) is 5. The van der Waals surface area contributed by atoms with Crippen LogP contribution in [0.3, 0.4) is 0 Å². The second-order valence-corrected chi connectivity index (χ2v) is 6.99. The molecule has 0 spiro atoms. The molecule has 4 aromatic heterocycles. The first-order chi connectivity index (χ1) is 12.9. The monoisotopic (exact) mass is 408 g/mol. The molecule has 0 aliphatic rings. The lowest BCUT2D eigenvalue weighted by atomic mass is 10.2. The Morgan fingerprint density at radius 2 is 2.19 bits per heavy atom. The molecule has 4 heterocycles. The lowest BCUT2D eigenvalue weighted by Gasteiger charge is -2.11. The Morgan fingerprint density at radius 3 is 2.85 bits per heavy atom. The minimum absolute atomic E-state index is 0.0560. The van der Waals surface area contributed by atoms with Gasteiger partial charge in [-0.25, -0.2) is 9.50 Å².